The molecule has 92 valence electrons. The van der Waals surface area contributed by atoms with Crippen LogP contribution in [0.1, 0.15) is 37.7 Å². The lowest BCUT2D eigenvalue weighted by Gasteiger charge is -2.17. The second-order valence-corrected chi connectivity index (χ2v) is 5.14. The van der Waals surface area contributed by atoms with Gasteiger partial charge in [-0.15, -0.1) is 0 Å². The monoisotopic (exact) mass is 237 g/mol. The number of benzene rings is 2. The molecule has 0 saturated heterocycles. The number of nitrogens with zero attached hydrogens (tertiary/aromatic N) is 1. The van der Waals surface area contributed by atoms with Gasteiger partial charge in [-0.2, -0.15) is 0 Å². The second kappa shape index (κ2) is 5.34. The summed E-state index contributed by atoms with van der Waals surface area (Å²) in [7, 11) is 0. The number of fused-ring (bicyclic) bond motifs is 1. The van der Waals surface area contributed by atoms with Crippen LogP contribution >= 0.6 is 0 Å². The zero-order valence-corrected chi connectivity index (χ0v) is 10.7. The van der Waals surface area contributed by atoms with E-state index >= 15 is 0 Å². The van der Waals surface area contributed by atoms with E-state index in [-0.39, 0.29) is 0 Å². The molecular weight excluding hydrogens is 218 g/mol. The molecule has 3 rings (SSSR count). The van der Waals surface area contributed by atoms with Crippen molar-refractivity contribution < 1.29 is 0 Å². The van der Waals surface area contributed by atoms with Gasteiger partial charge in [-0.25, -0.2) is 0 Å². The Morgan fingerprint density at radius 2 is 1.67 bits per heavy atom. The SMILES string of the molecule is C(=NC1CCCCC1)c1cccc2ccccc12. The predicted octanol–water partition coefficient (Wildman–Crippen LogP) is 4.59. The molecule has 1 fully saturated rings. The Labute approximate surface area is 109 Å². The summed E-state index contributed by atoms with van der Waals surface area (Å²) in [5, 5.41) is 2.60. The molecule has 0 bridgehead atoms. The van der Waals surface area contributed by atoms with E-state index in [2.05, 4.69) is 48.7 Å². The van der Waals surface area contributed by atoms with Crippen LogP contribution in [0.25, 0.3) is 10.8 Å². The highest BCUT2D eigenvalue weighted by molar-refractivity contribution is 5.99. The normalized spacial score (nSPS) is 17.6. The van der Waals surface area contributed by atoms with E-state index in [1.807, 2.05) is 0 Å². The molecule has 0 atom stereocenters. The standard InChI is InChI=1S/C17H19N/c1-2-10-16(11-3-1)18-13-15-9-6-8-14-7-4-5-12-17(14)15/h4-9,12-13,16H,1-3,10-11H2. The molecule has 0 radical (unpaired) electrons. The number of hydrogen-bond donors (Lipinski definition) is 0. The van der Waals surface area contributed by atoms with E-state index in [0.29, 0.717) is 6.04 Å². The van der Waals surface area contributed by atoms with Crippen molar-refractivity contribution in [3.8, 4) is 0 Å². The lowest BCUT2D eigenvalue weighted by Crippen LogP contribution is -2.09. The Morgan fingerprint density at radius 3 is 2.56 bits per heavy atom. The summed E-state index contributed by atoms with van der Waals surface area (Å²) >= 11 is 0. The third-order valence-electron chi connectivity index (χ3n) is 3.82. The molecule has 0 spiro atoms. The van der Waals surface area contributed by atoms with E-state index in [1.165, 1.54) is 48.4 Å². The van der Waals surface area contributed by atoms with Crippen molar-refractivity contribution in [3.05, 3.63) is 48.0 Å². The van der Waals surface area contributed by atoms with Crippen LogP contribution in [0, 0.1) is 0 Å². The Balaban J connectivity index is 1.87. The largest absolute Gasteiger partial charge is 0.289 e. The van der Waals surface area contributed by atoms with Crippen LogP contribution < -0.4 is 0 Å². The molecule has 1 saturated carbocycles. The third kappa shape index (κ3) is 2.45. The van der Waals surface area contributed by atoms with Crippen LogP contribution in [0.3, 0.4) is 0 Å². The summed E-state index contributed by atoms with van der Waals surface area (Å²) < 4.78 is 0. The Morgan fingerprint density at radius 1 is 0.889 bits per heavy atom. The van der Waals surface area contributed by atoms with Crippen molar-refractivity contribution in [2.75, 3.05) is 0 Å². The molecule has 0 amide bonds. The average molecular weight is 237 g/mol. The van der Waals surface area contributed by atoms with Crippen molar-refractivity contribution in [2.24, 2.45) is 4.99 Å². The lowest BCUT2D eigenvalue weighted by molar-refractivity contribution is 0.444. The maximum absolute atomic E-state index is 4.78. The number of hydrogen-bond acceptors (Lipinski definition) is 1. The molecule has 1 aliphatic rings. The minimum atomic E-state index is 0.553. The molecule has 1 aliphatic carbocycles. The summed E-state index contributed by atoms with van der Waals surface area (Å²) in [6.45, 7) is 0. The molecule has 0 N–H and O–H groups in total. The first-order valence-corrected chi connectivity index (χ1v) is 6.94. The van der Waals surface area contributed by atoms with Gasteiger partial charge in [0.05, 0.1) is 0 Å². The van der Waals surface area contributed by atoms with Gasteiger partial charge in [0.1, 0.15) is 0 Å². The first-order valence-electron chi connectivity index (χ1n) is 6.94. The number of aliphatic imine (C=N–C) groups is 1. The first-order chi connectivity index (χ1) is 8.93. The van der Waals surface area contributed by atoms with Crippen LogP contribution in [-0.4, -0.2) is 12.3 Å². The van der Waals surface area contributed by atoms with Crippen LogP contribution in [0.4, 0.5) is 0 Å². The van der Waals surface area contributed by atoms with E-state index in [0.717, 1.165) is 0 Å². The molecule has 0 aliphatic heterocycles. The van der Waals surface area contributed by atoms with Gasteiger partial charge in [0.2, 0.25) is 0 Å². The van der Waals surface area contributed by atoms with E-state index in [9.17, 15) is 0 Å². The zero-order chi connectivity index (χ0) is 12.2. The first kappa shape index (κ1) is 11.5. The van der Waals surface area contributed by atoms with Crippen LogP contribution in [0.15, 0.2) is 47.5 Å². The molecule has 1 heteroatoms. The fourth-order valence-corrected chi connectivity index (χ4v) is 2.78. The lowest BCUT2D eigenvalue weighted by atomic mass is 9.96. The van der Waals surface area contributed by atoms with Gasteiger partial charge < -0.3 is 0 Å². The molecule has 18 heavy (non-hydrogen) atoms. The maximum atomic E-state index is 4.78. The highest BCUT2D eigenvalue weighted by Crippen LogP contribution is 2.21. The minimum Gasteiger partial charge on any atom is -0.289 e. The van der Waals surface area contributed by atoms with Gasteiger partial charge in [-0.05, 0) is 23.6 Å². The summed E-state index contributed by atoms with van der Waals surface area (Å²) in [6.07, 6.45) is 8.69. The van der Waals surface area contributed by atoms with Gasteiger partial charge in [-0.1, -0.05) is 61.7 Å². The molecular formula is C17H19N. The minimum absolute atomic E-state index is 0.553. The second-order valence-electron chi connectivity index (χ2n) is 5.14. The van der Waals surface area contributed by atoms with Crippen molar-refractivity contribution in [2.45, 2.75) is 38.1 Å². The summed E-state index contributed by atoms with van der Waals surface area (Å²) in [5.74, 6) is 0. The fraction of sp³-hybridized carbons (Fsp3) is 0.353. The topological polar surface area (TPSA) is 12.4 Å². The molecule has 2 aromatic carbocycles. The average Bonchev–Trinajstić information content (AvgIpc) is 2.46. The van der Waals surface area contributed by atoms with Gasteiger partial charge >= 0.3 is 0 Å². The van der Waals surface area contributed by atoms with Gasteiger partial charge in [0.25, 0.3) is 0 Å². The summed E-state index contributed by atoms with van der Waals surface area (Å²) in [4.78, 5) is 4.78. The highest BCUT2D eigenvalue weighted by atomic mass is 14.8. The Kier molecular flexibility index (Phi) is 3.40. The molecule has 2 aromatic rings. The fourth-order valence-electron chi connectivity index (χ4n) is 2.78. The van der Waals surface area contributed by atoms with Crippen molar-refractivity contribution >= 4 is 17.0 Å². The van der Waals surface area contributed by atoms with Gasteiger partial charge in [-0.3, -0.25) is 4.99 Å². The van der Waals surface area contributed by atoms with Crippen LogP contribution in [-0.2, 0) is 0 Å². The molecule has 0 aromatic heterocycles. The number of rotatable bonds is 2. The quantitative estimate of drug-likeness (QED) is 0.677. The van der Waals surface area contributed by atoms with Crippen molar-refractivity contribution in [1.29, 1.82) is 0 Å². The molecule has 1 nitrogen and oxygen atoms in total. The smallest absolute Gasteiger partial charge is 0.0499 e. The predicted molar refractivity (Wildman–Crippen MR) is 78.4 cm³/mol. The summed E-state index contributed by atoms with van der Waals surface area (Å²) in [5.41, 5.74) is 1.25. The highest BCUT2D eigenvalue weighted by Gasteiger charge is 2.10. The van der Waals surface area contributed by atoms with Crippen molar-refractivity contribution in [1.82, 2.24) is 0 Å². The maximum Gasteiger partial charge on any atom is 0.0499 e. The molecule has 0 heterocycles. The summed E-state index contributed by atoms with van der Waals surface area (Å²) in [6, 6.07) is 15.5. The van der Waals surface area contributed by atoms with Crippen molar-refractivity contribution in [3.63, 3.8) is 0 Å². The Hall–Kier alpha value is -1.63. The zero-order valence-electron chi connectivity index (χ0n) is 10.7. The van der Waals surface area contributed by atoms with E-state index in [1.54, 1.807) is 0 Å². The van der Waals surface area contributed by atoms with E-state index < -0.39 is 0 Å². The van der Waals surface area contributed by atoms with Crippen LogP contribution in [0.5, 0.6) is 0 Å². The van der Waals surface area contributed by atoms with Crippen LogP contribution in [0.2, 0.25) is 0 Å². The van der Waals surface area contributed by atoms with Gasteiger partial charge in [0.15, 0.2) is 0 Å². The molecule has 0 unspecified atom stereocenters. The van der Waals surface area contributed by atoms with Gasteiger partial charge in [0, 0.05) is 17.8 Å². The van der Waals surface area contributed by atoms with E-state index in [4.69, 9.17) is 4.99 Å². The third-order valence-corrected chi connectivity index (χ3v) is 3.82. The Bertz CT molecular complexity index is 545.